The van der Waals surface area contributed by atoms with Crippen molar-refractivity contribution < 1.29 is 9.47 Å². The quantitative estimate of drug-likeness (QED) is 0.870. The van der Waals surface area contributed by atoms with Gasteiger partial charge >= 0.3 is 0 Å². The molecule has 0 aliphatic carbocycles. The fourth-order valence-electron chi connectivity index (χ4n) is 2.36. The van der Waals surface area contributed by atoms with Crippen LogP contribution < -0.4 is 10.1 Å². The van der Waals surface area contributed by atoms with Crippen molar-refractivity contribution in [3.8, 4) is 5.75 Å². The van der Waals surface area contributed by atoms with Crippen molar-refractivity contribution >= 4 is 0 Å². The zero-order valence-corrected chi connectivity index (χ0v) is 11.4. The predicted octanol–water partition coefficient (Wildman–Crippen LogP) is 2.52. The van der Waals surface area contributed by atoms with Gasteiger partial charge < -0.3 is 14.8 Å². The first-order chi connectivity index (χ1) is 8.81. The summed E-state index contributed by atoms with van der Waals surface area (Å²) in [5.41, 5.74) is 2.46. The molecule has 3 nitrogen and oxygen atoms in total. The fraction of sp³-hybridized carbons (Fsp3) is 0.600. The predicted molar refractivity (Wildman–Crippen MR) is 73.0 cm³/mol. The lowest BCUT2D eigenvalue weighted by Crippen LogP contribution is -2.22. The minimum Gasteiger partial charge on any atom is -0.493 e. The van der Waals surface area contributed by atoms with E-state index in [9.17, 15) is 0 Å². The third-order valence-corrected chi connectivity index (χ3v) is 3.46. The molecule has 0 saturated carbocycles. The lowest BCUT2D eigenvalue weighted by molar-refractivity contribution is 0.0495. The number of benzene rings is 1. The Hall–Kier alpha value is -1.06. The van der Waals surface area contributed by atoms with Crippen LogP contribution in [0.5, 0.6) is 5.75 Å². The molecule has 1 aromatic rings. The van der Waals surface area contributed by atoms with E-state index in [2.05, 4.69) is 30.4 Å². The minimum atomic E-state index is 0.640. The van der Waals surface area contributed by atoms with Crippen molar-refractivity contribution in [3.05, 3.63) is 29.3 Å². The molecular formula is C15H23NO2. The molecule has 0 atom stereocenters. The molecule has 0 bridgehead atoms. The van der Waals surface area contributed by atoms with Gasteiger partial charge in [0, 0.05) is 25.3 Å². The summed E-state index contributed by atoms with van der Waals surface area (Å²) in [4.78, 5) is 0. The lowest BCUT2D eigenvalue weighted by Gasteiger charge is -2.23. The average Bonchev–Trinajstić information content (AvgIpc) is 2.40. The van der Waals surface area contributed by atoms with Gasteiger partial charge in [0.15, 0.2) is 0 Å². The molecule has 0 unspecified atom stereocenters. The Morgan fingerprint density at radius 2 is 2.11 bits per heavy atom. The Labute approximate surface area is 109 Å². The fourth-order valence-corrected chi connectivity index (χ4v) is 2.36. The lowest BCUT2D eigenvalue weighted by atomic mass is 10.0. The second-order valence-corrected chi connectivity index (χ2v) is 4.96. The van der Waals surface area contributed by atoms with E-state index in [0.717, 1.165) is 45.0 Å². The smallest absolute Gasteiger partial charge is 0.126 e. The number of para-hydroxylation sites is 1. The highest BCUT2D eigenvalue weighted by Crippen LogP contribution is 2.25. The van der Waals surface area contributed by atoms with Crippen LogP contribution in [0.4, 0.5) is 0 Å². The molecule has 2 rings (SSSR count). The number of rotatable bonds is 5. The highest BCUT2D eigenvalue weighted by atomic mass is 16.5. The monoisotopic (exact) mass is 249 g/mol. The summed E-state index contributed by atoms with van der Waals surface area (Å²) in [6.45, 7) is 5.53. The van der Waals surface area contributed by atoms with E-state index in [4.69, 9.17) is 9.47 Å². The normalized spacial score (nSPS) is 16.8. The highest BCUT2D eigenvalue weighted by Gasteiger charge is 2.15. The summed E-state index contributed by atoms with van der Waals surface area (Å²) in [5.74, 6) is 1.69. The van der Waals surface area contributed by atoms with Gasteiger partial charge in [-0.25, -0.2) is 0 Å². The molecule has 0 radical (unpaired) electrons. The van der Waals surface area contributed by atoms with Crippen molar-refractivity contribution in [1.29, 1.82) is 0 Å². The summed E-state index contributed by atoms with van der Waals surface area (Å²) < 4.78 is 11.4. The molecule has 0 spiro atoms. The third-order valence-electron chi connectivity index (χ3n) is 3.46. The van der Waals surface area contributed by atoms with Gasteiger partial charge in [-0.2, -0.15) is 0 Å². The molecule has 0 amide bonds. The Kier molecular flexibility index (Phi) is 5.02. The van der Waals surface area contributed by atoms with Crippen LogP contribution in [0.15, 0.2) is 18.2 Å². The number of hydrogen-bond acceptors (Lipinski definition) is 3. The van der Waals surface area contributed by atoms with Crippen LogP contribution in [-0.4, -0.2) is 26.9 Å². The summed E-state index contributed by atoms with van der Waals surface area (Å²) in [5, 5.41) is 3.19. The third kappa shape index (κ3) is 3.47. The molecule has 1 aliphatic heterocycles. The maximum atomic E-state index is 6.06. The van der Waals surface area contributed by atoms with Gasteiger partial charge in [0.25, 0.3) is 0 Å². The SMILES string of the molecule is CNCc1cccc(C)c1OCC1CCOCC1. The standard InChI is InChI=1S/C15H23NO2/c1-12-4-3-5-14(10-16-2)15(12)18-11-13-6-8-17-9-7-13/h3-5,13,16H,6-11H2,1-2H3. The van der Waals surface area contributed by atoms with Gasteiger partial charge in [0.2, 0.25) is 0 Å². The first-order valence-corrected chi connectivity index (χ1v) is 6.75. The summed E-state index contributed by atoms with van der Waals surface area (Å²) >= 11 is 0. The maximum absolute atomic E-state index is 6.06. The largest absolute Gasteiger partial charge is 0.493 e. The van der Waals surface area contributed by atoms with Crippen LogP contribution in [0.3, 0.4) is 0 Å². The number of hydrogen-bond donors (Lipinski definition) is 1. The van der Waals surface area contributed by atoms with Crippen molar-refractivity contribution in [3.63, 3.8) is 0 Å². The second kappa shape index (κ2) is 6.76. The molecule has 18 heavy (non-hydrogen) atoms. The molecule has 1 N–H and O–H groups in total. The highest BCUT2D eigenvalue weighted by molar-refractivity contribution is 5.40. The van der Waals surface area contributed by atoms with E-state index < -0.39 is 0 Å². The Bertz CT molecular complexity index is 373. The first-order valence-electron chi connectivity index (χ1n) is 6.75. The topological polar surface area (TPSA) is 30.5 Å². The van der Waals surface area contributed by atoms with Crippen molar-refractivity contribution in [2.75, 3.05) is 26.9 Å². The minimum absolute atomic E-state index is 0.640. The van der Waals surface area contributed by atoms with Crippen LogP contribution in [0.25, 0.3) is 0 Å². The summed E-state index contributed by atoms with van der Waals surface area (Å²) in [6.07, 6.45) is 2.24. The maximum Gasteiger partial charge on any atom is 0.126 e. The van der Waals surface area contributed by atoms with Crippen LogP contribution in [0.1, 0.15) is 24.0 Å². The van der Waals surface area contributed by atoms with Crippen LogP contribution >= 0.6 is 0 Å². The zero-order chi connectivity index (χ0) is 12.8. The van der Waals surface area contributed by atoms with Gasteiger partial charge in [-0.3, -0.25) is 0 Å². The first kappa shape index (κ1) is 13.4. The van der Waals surface area contributed by atoms with E-state index in [1.807, 2.05) is 7.05 Å². The molecule has 100 valence electrons. The van der Waals surface area contributed by atoms with Crippen LogP contribution in [-0.2, 0) is 11.3 Å². The molecule has 1 aliphatic rings. The average molecular weight is 249 g/mol. The summed E-state index contributed by atoms with van der Waals surface area (Å²) in [7, 11) is 1.96. The Morgan fingerprint density at radius 3 is 2.83 bits per heavy atom. The van der Waals surface area contributed by atoms with E-state index in [0.29, 0.717) is 5.92 Å². The molecular weight excluding hydrogens is 226 g/mol. The van der Waals surface area contributed by atoms with Crippen molar-refractivity contribution in [1.82, 2.24) is 5.32 Å². The molecule has 3 heteroatoms. The molecule has 1 aromatic carbocycles. The van der Waals surface area contributed by atoms with E-state index >= 15 is 0 Å². The van der Waals surface area contributed by atoms with E-state index in [1.165, 1.54) is 11.1 Å². The number of aryl methyl sites for hydroxylation is 1. The van der Waals surface area contributed by atoms with E-state index in [1.54, 1.807) is 0 Å². The molecule has 0 aromatic heterocycles. The molecule has 1 fully saturated rings. The van der Waals surface area contributed by atoms with Gasteiger partial charge in [0.05, 0.1) is 6.61 Å². The van der Waals surface area contributed by atoms with Gasteiger partial charge in [-0.1, -0.05) is 18.2 Å². The number of nitrogens with one attached hydrogen (secondary N) is 1. The van der Waals surface area contributed by atoms with Crippen molar-refractivity contribution in [2.24, 2.45) is 5.92 Å². The van der Waals surface area contributed by atoms with Crippen LogP contribution in [0.2, 0.25) is 0 Å². The Balaban J connectivity index is 1.98. The molecule has 1 saturated heterocycles. The molecule has 1 heterocycles. The van der Waals surface area contributed by atoms with E-state index in [-0.39, 0.29) is 0 Å². The second-order valence-electron chi connectivity index (χ2n) is 4.96. The number of ether oxygens (including phenoxy) is 2. The summed E-state index contributed by atoms with van der Waals surface area (Å²) in [6, 6.07) is 6.32. The van der Waals surface area contributed by atoms with Gasteiger partial charge in [-0.15, -0.1) is 0 Å². The zero-order valence-electron chi connectivity index (χ0n) is 11.4. The Morgan fingerprint density at radius 1 is 1.33 bits per heavy atom. The van der Waals surface area contributed by atoms with Gasteiger partial charge in [-0.05, 0) is 38.3 Å². The van der Waals surface area contributed by atoms with Crippen LogP contribution in [0, 0.1) is 12.8 Å². The van der Waals surface area contributed by atoms with Crippen molar-refractivity contribution in [2.45, 2.75) is 26.3 Å². The van der Waals surface area contributed by atoms with Gasteiger partial charge in [0.1, 0.15) is 5.75 Å².